The van der Waals surface area contributed by atoms with Gasteiger partial charge in [0.15, 0.2) is 0 Å². The highest BCUT2D eigenvalue weighted by atomic mass is 19.4. The molecular weight excluding hydrogens is 309 g/mol. The molecular formula is C15H13F3N4O. The van der Waals surface area contributed by atoms with Crippen LogP contribution < -0.4 is 9.80 Å². The summed E-state index contributed by atoms with van der Waals surface area (Å²) in [6.07, 6.45) is -0.290. The van der Waals surface area contributed by atoms with E-state index in [9.17, 15) is 18.0 Å². The Morgan fingerprint density at radius 1 is 1.13 bits per heavy atom. The van der Waals surface area contributed by atoms with Gasteiger partial charge in [0.25, 0.3) is 0 Å². The molecule has 8 heteroatoms. The van der Waals surface area contributed by atoms with E-state index in [2.05, 4.69) is 9.97 Å². The highest BCUT2D eigenvalue weighted by Gasteiger charge is 2.35. The quantitative estimate of drug-likeness (QED) is 0.853. The molecule has 5 nitrogen and oxygen atoms in total. The first-order valence-corrected chi connectivity index (χ1v) is 6.91. The Kier molecular flexibility index (Phi) is 3.67. The van der Waals surface area contributed by atoms with Crippen LogP contribution in [0.25, 0.3) is 0 Å². The van der Waals surface area contributed by atoms with Gasteiger partial charge in [-0.1, -0.05) is 0 Å². The zero-order valence-electron chi connectivity index (χ0n) is 12.2. The van der Waals surface area contributed by atoms with E-state index < -0.39 is 11.9 Å². The Hall–Kier alpha value is -2.64. The first-order chi connectivity index (χ1) is 10.9. The van der Waals surface area contributed by atoms with Gasteiger partial charge in [-0.05, 0) is 30.7 Å². The van der Waals surface area contributed by atoms with E-state index in [-0.39, 0.29) is 11.7 Å². The zero-order valence-corrected chi connectivity index (χ0v) is 12.2. The van der Waals surface area contributed by atoms with Crippen molar-refractivity contribution in [1.82, 2.24) is 9.97 Å². The van der Waals surface area contributed by atoms with E-state index in [0.29, 0.717) is 18.8 Å². The molecule has 1 saturated heterocycles. The van der Waals surface area contributed by atoms with Gasteiger partial charge < -0.3 is 0 Å². The number of amides is 2. The summed E-state index contributed by atoms with van der Waals surface area (Å²) >= 11 is 0. The molecule has 1 aliphatic rings. The summed E-state index contributed by atoms with van der Waals surface area (Å²) in [5.74, 6) is 0. The molecule has 120 valence electrons. The average Bonchev–Trinajstić information content (AvgIpc) is 2.89. The fourth-order valence-corrected chi connectivity index (χ4v) is 2.48. The standard InChI is InChI=1S/C15H13F3N4O/c1-10-2-4-19-9-12(10)22-7-6-21(14(22)23)11-3-5-20-13(8-11)15(16,17)18/h2-5,8-9H,6-7H2,1H3. The zero-order chi connectivity index (χ0) is 16.6. The molecule has 2 aromatic heterocycles. The summed E-state index contributed by atoms with van der Waals surface area (Å²) in [6.45, 7) is 2.53. The Morgan fingerprint density at radius 2 is 1.87 bits per heavy atom. The van der Waals surface area contributed by atoms with Crippen molar-refractivity contribution in [1.29, 1.82) is 0 Å². The van der Waals surface area contributed by atoms with Crippen molar-refractivity contribution in [3.63, 3.8) is 0 Å². The molecule has 0 bridgehead atoms. The number of alkyl halides is 3. The largest absolute Gasteiger partial charge is 0.433 e. The second-order valence-corrected chi connectivity index (χ2v) is 5.15. The van der Waals surface area contributed by atoms with E-state index in [0.717, 1.165) is 17.8 Å². The second-order valence-electron chi connectivity index (χ2n) is 5.15. The Balaban J connectivity index is 1.89. The van der Waals surface area contributed by atoms with Gasteiger partial charge >= 0.3 is 12.2 Å². The predicted octanol–water partition coefficient (Wildman–Crippen LogP) is 3.25. The van der Waals surface area contributed by atoms with Crippen molar-refractivity contribution < 1.29 is 18.0 Å². The summed E-state index contributed by atoms with van der Waals surface area (Å²) in [6, 6.07) is 3.68. The lowest BCUT2D eigenvalue weighted by molar-refractivity contribution is -0.141. The van der Waals surface area contributed by atoms with Crippen LogP contribution in [0.5, 0.6) is 0 Å². The van der Waals surface area contributed by atoms with E-state index >= 15 is 0 Å². The number of rotatable bonds is 2. The molecule has 2 amide bonds. The van der Waals surface area contributed by atoms with E-state index in [1.54, 1.807) is 18.5 Å². The molecule has 0 spiro atoms. The van der Waals surface area contributed by atoms with Gasteiger partial charge in [0.2, 0.25) is 0 Å². The number of aromatic nitrogens is 2. The van der Waals surface area contributed by atoms with Crippen molar-refractivity contribution in [3.8, 4) is 0 Å². The van der Waals surface area contributed by atoms with Crippen LogP contribution in [0.3, 0.4) is 0 Å². The molecule has 1 aliphatic heterocycles. The number of hydrogen-bond donors (Lipinski definition) is 0. The second kappa shape index (κ2) is 5.53. The van der Waals surface area contributed by atoms with E-state index in [4.69, 9.17) is 0 Å². The lowest BCUT2D eigenvalue weighted by Gasteiger charge is -2.20. The minimum atomic E-state index is -4.54. The van der Waals surface area contributed by atoms with Crippen LogP contribution in [0.15, 0.2) is 36.8 Å². The number of pyridine rings is 2. The molecule has 0 N–H and O–H groups in total. The highest BCUT2D eigenvalue weighted by Crippen LogP contribution is 2.32. The molecule has 1 fully saturated rings. The van der Waals surface area contributed by atoms with Crippen LogP contribution in [0.1, 0.15) is 11.3 Å². The van der Waals surface area contributed by atoms with Gasteiger partial charge in [-0.2, -0.15) is 13.2 Å². The van der Waals surface area contributed by atoms with Crippen molar-refractivity contribution in [3.05, 3.63) is 48.0 Å². The number of nitrogens with zero attached hydrogens (tertiary/aromatic N) is 4. The minimum absolute atomic E-state index is 0.182. The van der Waals surface area contributed by atoms with Gasteiger partial charge in [-0.15, -0.1) is 0 Å². The fourth-order valence-electron chi connectivity index (χ4n) is 2.48. The van der Waals surface area contributed by atoms with Crippen LogP contribution in [0, 0.1) is 6.92 Å². The summed E-state index contributed by atoms with van der Waals surface area (Å²) in [4.78, 5) is 22.7. The third-order valence-corrected chi connectivity index (χ3v) is 3.66. The number of anilines is 2. The fraction of sp³-hybridized carbons (Fsp3) is 0.267. The molecule has 3 rings (SSSR count). The van der Waals surface area contributed by atoms with Crippen molar-refractivity contribution in [2.75, 3.05) is 22.9 Å². The number of aryl methyl sites for hydroxylation is 1. The van der Waals surface area contributed by atoms with Crippen LogP contribution in [-0.2, 0) is 6.18 Å². The molecule has 3 heterocycles. The van der Waals surface area contributed by atoms with Crippen LogP contribution in [0.4, 0.5) is 29.3 Å². The van der Waals surface area contributed by atoms with Gasteiger partial charge in [0.05, 0.1) is 11.9 Å². The topological polar surface area (TPSA) is 49.3 Å². The highest BCUT2D eigenvalue weighted by molar-refractivity contribution is 6.06. The average molecular weight is 322 g/mol. The van der Waals surface area contributed by atoms with Crippen molar-refractivity contribution in [2.24, 2.45) is 0 Å². The molecule has 0 atom stereocenters. The lowest BCUT2D eigenvalue weighted by Crippen LogP contribution is -2.32. The van der Waals surface area contributed by atoms with Crippen LogP contribution in [0.2, 0.25) is 0 Å². The molecule has 0 radical (unpaired) electrons. The maximum atomic E-state index is 12.8. The smallest absolute Gasteiger partial charge is 0.292 e. The summed E-state index contributed by atoms with van der Waals surface area (Å²) < 4.78 is 38.3. The number of carbonyl (C=O) groups is 1. The molecule has 0 aliphatic carbocycles. The van der Waals surface area contributed by atoms with E-state index in [1.807, 2.05) is 6.92 Å². The maximum absolute atomic E-state index is 12.8. The third kappa shape index (κ3) is 2.84. The number of urea groups is 1. The maximum Gasteiger partial charge on any atom is 0.433 e. The SMILES string of the molecule is Cc1ccncc1N1CCN(c2ccnc(C(F)(F)F)c2)C1=O. The molecule has 23 heavy (non-hydrogen) atoms. The van der Waals surface area contributed by atoms with Gasteiger partial charge in [0.1, 0.15) is 5.69 Å². The number of hydrogen-bond acceptors (Lipinski definition) is 3. The lowest BCUT2D eigenvalue weighted by atomic mass is 10.2. The Bertz CT molecular complexity index is 747. The first-order valence-electron chi connectivity index (χ1n) is 6.91. The van der Waals surface area contributed by atoms with Crippen molar-refractivity contribution in [2.45, 2.75) is 13.1 Å². The normalized spacial score (nSPS) is 15.4. The Labute approximate surface area is 130 Å². The van der Waals surface area contributed by atoms with Gasteiger partial charge in [0, 0.05) is 31.2 Å². The van der Waals surface area contributed by atoms with Crippen LogP contribution >= 0.6 is 0 Å². The molecule has 0 saturated carbocycles. The van der Waals surface area contributed by atoms with Gasteiger partial charge in [-0.3, -0.25) is 19.8 Å². The molecule has 0 unspecified atom stereocenters. The molecule has 0 aromatic carbocycles. The Morgan fingerprint density at radius 3 is 2.57 bits per heavy atom. The van der Waals surface area contributed by atoms with E-state index in [1.165, 1.54) is 15.9 Å². The first kappa shape index (κ1) is 15.3. The summed E-state index contributed by atoms with van der Waals surface area (Å²) in [7, 11) is 0. The predicted molar refractivity (Wildman–Crippen MR) is 78.3 cm³/mol. The van der Waals surface area contributed by atoms with Crippen LogP contribution in [-0.4, -0.2) is 29.1 Å². The number of carbonyl (C=O) groups excluding carboxylic acids is 1. The summed E-state index contributed by atoms with van der Waals surface area (Å²) in [5, 5.41) is 0. The molecule has 2 aromatic rings. The van der Waals surface area contributed by atoms with Gasteiger partial charge in [-0.25, -0.2) is 4.79 Å². The monoisotopic (exact) mass is 322 g/mol. The minimum Gasteiger partial charge on any atom is -0.292 e. The van der Waals surface area contributed by atoms with Crippen molar-refractivity contribution >= 4 is 17.4 Å². The third-order valence-electron chi connectivity index (χ3n) is 3.66. The summed E-state index contributed by atoms with van der Waals surface area (Å²) in [5.41, 5.74) is 0.700. The number of halogens is 3.